The van der Waals surface area contributed by atoms with Gasteiger partial charge in [-0.25, -0.2) is 0 Å². The zero-order chi connectivity index (χ0) is 12.3. The molecule has 2 heterocycles. The second-order valence-electron chi connectivity index (χ2n) is 4.03. The molecule has 2 rings (SSSR count). The molecule has 0 aliphatic rings. The number of nitrogens with one attached hydrogen (secondary N) is 1. The first kappa shape index (κ1) is 11.9. The summed E-state index contributed by atoms with van der Waals surface area (Å²) in [6, 6.07) is 3.88. The van der Waals surface area contributed by atoms with E-state index in [1.165, 1.54) is 0 Å². The van der Waals surface area contributed by atoms with Crippen molar-refractivity contribution in [3.8, 4) is 11.5 Å². The van der Waals surface area contributed by atoms with Crippen LogP contribution in [-0.2, 0) is 0 Å². The van der Waals surface area contributed by atoms with Crippen LogP contribution in [0.25, 0.3) is 11.5 Å². The van der Waals surface area contributed by atoms with Crippen LogP contribution >= 0.6 is 11.6 Å². The van der Waals surface area contributed by atoms with E-state index in [2.05, 4.69) is 34.3 Å². The van der Waals surface area contributed by atoms with Crippen LogP contribution in [0.2, 0.25) is 5.02 Å². The van der Waals surface area contributed by atoms with Gasteiger partial charge in [-0.1, -0.05) is 30.6 Å². The minimum absolute atomic E-state index is 0.385. The highest BCUT2D eigenvalue weighted by Gasteiger charge is 2.12. The van der Waals surface area contributed by atoms with Crippen molar-refractivity contribution in [2.75, 3.05) is 11.9 Å². The molecule has 0 aromatic carbocycles. The first-order valence-electron chi connectivity index (χ1n) is 5.35. The van der Waals surface area contributed by atoms with Gasteiger partial charge in [-0.2, -0.15) is 4.98 Å². The Morgan fingerprint density at radius 2 is 2.29 bits per heavy atom. The normalized spacial score (nSPS) is 10.8. The average molecular weight is 253 g/mol. The first-order valence-corrected chi connectivity index (χ1v) is 5.73. The van der Waals surface area contributed by atoms with Crippen LogP contribution in [0.1, 0.15) is 13.8 Å². The van der Waals surface area contributed by atoms with Gasteiger partial charge in [-0.3, -0.25) is 4.98 Å². The molecule has 90 valence electrons. The summed E-state index contributed by atoms with van der Waals surface area (Å²) < 4.78 is 5.05. The van der Waals surface area contributed by atoms with Gasteiger partial charge in [0.2, 0.25) is 5.82 Å². The fraction of sp³-hybridized carbons (Fsp3) is 0.364. The SMILES string of the molecule is CC(C)CNc1nc(-c2ncccc2Cl)no1. The molecule has 0 atom stereocenters. The van der Waals surface area contributed by atoms with Gasteiger partial charge in [0.1, 0.15) is 5.69 Å². The fourth-order valence-electron chi connectivity index (χ4n) is 1.23. The Morgan fingerprint density at radius 1 is 1.47 bits per heavy atom. The van der Waals surface area contributed by atoms with Crippen LogP contribution in [0.3, 0.4) is 0 Å². The van der Waals surface area contributed by atoms with Crippen LogP contribution in [0, 0.1) is 5.92 Å². The second kappa shape index (κ2) is 5.14. The lowest BCUT2D eigenvalue weighted by atomic mass is 10.2. The van der Waals surface area contributed by atoms with E-state index in [1.807, 2.05) is 0 Å². The topological polar surface area (TPSA) is 63.8 Å². The van der Waals surface area contributed by atoms with Crippen molar-refractivity contribution >= 4 is 17.6 Å². The molecule has 0 saturated carbocycles. The van der Waals surface area contributed by atoms with Gasteiger partial charge in [-0.15, -0.1) is 0 Å². The Bertz CT molecular complexity index is 498. The van der Waals surface area contributed by atoms with E-state index in [0.717, 1.165) is 6.54 Å². The van der Waals surface area contributed by atoms with Crippen molar-refractivity contribution < 1.29 is 4.52 Å². The van der Waals surface area contributed by atoms with Crippen LogP contribution in [-0.4, -0.2) is 21.7 Å². The molecule has 2 aromatic heterocycles. The van der Waals surface area contributed by atoms with Crippen molar-refractivity contribution in [1.82, 2.24) is 15.1 Å². The molecule has 0 unspecified atom stereocenters. The quantitative estimate of drug-likeness (QED) is 0.907. The Labute approximate surface area is 104 Å². The molecular formula is C11H13ClN4O. The van der Waals surface area contributed by atoms with Crippen LogP contribution in [0.15, 0.2) is 22.9 Å². The maximum atomic E-state index is 5.99. The molecule has 17 heavy (non-hydrogen) atoms. The van der Waals surface area contributed by atoms with Crippen LogP contribution in [0.4, 0.5) is 6.01 Å². The number of hydrogen-bond donors (Lipinski definition) is 1. The van der Waals surface area contributed by atoms with E-state index in [9.17, 15) is 0 Å². The maximum Gasteiger partial charge on any atom is 0.321 e. The molecule has 0 aliphatic carbocycles. The van der Waals surface area contributed by atoms with Gasteiger partial charge in [-0.05, 0) is 18.1 Å². The first-order chi connectivity index (χ1) is 8.16. The molecule has 0 radical (unpaired) electrons. The number of aromatic nitrogens is 3. The molecule has 5 nitrogen and oxygen atoms in total. The van der Waals surface area contributed by atoms with Crippen molar-refractivity contribution in [2.24, 2.45) is 5.92 Å². The van der Waals surface area contributed by atoms with Crippen molar-refractivity contribution in [3.05, 3.63) is 23.4 Å². The summed E-state index contributed by atoms with van der Waals surface area (Å²) in [4.78, 5) is 8.29. The van der Waals surface area contributed by atoms with Crippen LogP contribution < -0.4 is 5.32 Å². The third kappa shape index (κ3) is 2.94. The Morgan fingerprint density at radius 3 is 3.00 bits per heavy atom. The number of nitrogens with zero attached hydrogens (tertiary/aromatic N) is 3. The van der Waals surface area contributed by atoms with Crippen molar-refractivity contribution in [2.45, 2.75) is 13.8 Å². The molecule has 1 N–H and O–H groups in total. The molecule has 2 aromatic rings. The average Bonchev–Trinajstić information content (AvgIpc) is 2.75. The Hall–Kier alpha value is -1.62. The summed E-state index contributed by atoms with van der Waals surface area (Å²) in [6.07, 6.45) is 1.64. The number of anilines is 1. The summed E-state index contributed by atoms with van der Waals surface area (Å²) >= 11 is 5.99. The number of hydrogen-bond acceptors (Lipinski definition) is 5. The highest BCUT2D eigenvalue weighted by molar-refractivity contribution is 6.32. The molecule has 0 bridgehead atoms. The lowest BCUT2D eigenvalue weighted by Crippen LogP contribution is -2.07. The van der Waals surface area contributed by atoms with Gasteiger partial charge in [0, 0.05) is 12.7 Å². The predicted octanol–water partition coefficient (Wildman–Crippen LogP) is 2.85. The molecule has 0 aliphatic heterocycles. The zero-order valence-corrected chi connectivity index (χ0v) is 10.4. The second-order valence-corrected chi connectivity index (χ2v) is 4.44. The third-order valence-corrected chi connectivity index (χ3v) is 2.36. The van der Waals surface area contributed by atoms with Crippen molar-refractivity contribution in [1.29, 1.82) is 0 Å². The molecule has 0 amide bonds. The molecule has 0 spiro atoms. The molecular weight excluding hydrogens is 240 g/mol. The summed E-state index contributed by atoms with van der Waals surface area (Å²) in [7, 11) is 0. The van der Waals surface area contributed by atoms with E-state index in [-0.39, 0.29) is 0 Å². The minimum atomic E-state index is 0.385. The highest BCUT2D eigenvalue weighted by Crippen LogP contribution is 2.23. The lowest BCUT2D eigenvalue weighted by Gasteiger charge is -2.02. The zero-order valence-electron chi connectivity index (χ0n) is 9.64. The monoisotopic (exact) mass is 252 g/mol. The Balaban J connectivity index is 2.16. The van der Waals surface area contributed by atoms with E-state index in [1.54, 1.807) is 18.3 Å². The summed E-state index contributed by atoms with van der Waals surface area (Å²) in [5.41, 5.74) is 0.524. The predicted molar refractivity (Wildman–Crippen MR) is 65.9 cm³/mol. The van der Waals surface area contributed by atoms with Gasteiger partial charge in [0.05, 0.1) is 5.02 Å². The lowest BCUT2D eigenvalue weighted by molar-refractivity contribution is 0.429. The van der Waals surface area contributed by atoms with E-state index >= 15 is 0 Å². The maximum absolute atomic E-state index is 5.99. The van der Waals surface area contributed by atoms with Gasteiger partial charge >= 0.3 is 6.01 Å². The van der Waals surface area contributed by atoms with E-state index in [4.69, 9.17) is 16.1 Å². The van der Waals surface area contributed by atoms with E-state index < -0.39 is 0 Å². The van der Waals surface area contributed by atoms with Gasteiger partial charge in [0.25, 0.3) is 0 Å². The molecule has 0 saturated heterocycles. The number of rotatable bonds is 4. The van der Waals surface area contributed by atoms with Crippen LogP contribution in [0.5, 0.6) is 0 Å². The van der Waals surface area contributed by atoms with E-state index in [0.29, 0.717) is 28.5 Å². The highest BCUT2D eigenvalue weighted by atomic mass is 35.5. The smallest absolute Gasteiger partial charge is 0.321 e. The third-order valence-electron chi connectivity index (χ3n) is 2.06. The standard InChI is InChI=1S/C11H13ClN4O/c1-7(2)6-14-11-15-10(16-17-11)9-8(12)4-3-5-13-9/h3-5,7H,6H2,1-2H3,(H,14,15,16). The van der Waals surface area contributed by atoms with Gasteiger partial charge < -0.3 is 9.84 Å². The van der Waals surface area contributed by atoms with Crippen molar-refractivity contribution in [3.63, 3.8) is 0 Å². The van der Waals surface area contributed by atoms with Gasteiger partial charge in [0.15, 0.2) is 0 Å². The largest absolute Gasteiger partial charge is 0.337 e. The summed E-state index contributed by atoms with van der Waals surface area (Å²) in [6.45, 7) is 4.97. The Kier molecular flexibility index (Phi) is 3.58. The minimum Gasteiger partial charge on any atom is -0.337 e. The molecule has 6 heteroatoms. The molecule has 0 fully saturated rings. The summed E-state index contributed by atoms with van der Waals surface area (Å²) in [5.74, 6) is 0.894. The summed E-state index contributed by atoms with van der Waals surface area (Å²) in [5, 5.41) is 7.38. The fourth-order valence-corrected chi connectivity index (χ4v) is 1.44. The number of pyridine rings is 1. The number of halogens is 1.